The van der Waals surface area contributed by atoms with Gasteiger partial charge in [0.25, 0.3) is 0 Å². The van der Waals surface area contributed by atoms with E-state index < -0.39 is 0 Å². The van der Waals surface area contributed by atoms with Crippen LogP contribution in [-0.4, -0.2) is 24.2 Å². The molecule has 110 valence electrons. The Kier molecular flexibility index (Phi) is 3.72. The van der Waals surface area contributed by atoms with Gasteiger partial charge in [0, 0.05) is 34.9 Å². The van der Waals surface area contributed by atoms with E-state index in [-0.39, 0.29) is 5.54 Å². The molecule has 0 unspecified atom stereocenters. The van der Waals surface area contributed by atoms with Crippen molar-refractivity contribution in [3.05, 3.63) is 29.3 Å². The van der Waals surface area contributed by atoms with Crippen LogP contribution in [0, 0.1) is 0 Å². The van der Waals surface area contributed by atoms with Gasteiger partial charge in [-0.15, -0.1) is 0 Å². The van der Waals surface area contributed by atoms with Gasteiger partial charge in [-0.05, 0) is 51.0 Å². The van der Waals surface area contributed by atoms with Crippen LogP contribution in [0.15, 0.2) is 24.3 Å². The van der Waals surface area contributed by atoms with Crippen molar-refractivity contribution in [2.24, 2.45) is 0 Å². The lowest BCUT2D eigenvalue weighted by Crippen LogP contribution is -2.69. The van der Waals surface area contributed by atoms with E-state index in [1.165, 1.54) is 37.8 Å². The maximum Gasteiger partial charge on any atom is 0.0407 e. The largest absolute Gasteiger partial charge is 0.368 e. The molecule has 1 saturated carbocycles. The van der Waals surface area contributed by atoms with Crippen molar-refractivity contribution in [3.8, 4) is 0 Å². The molecule has 2 nitrogen and oxygen atoms in total. The number of halogens is 1. The Bertz CT molecular complexity index is 460. The van der Waals surface area contributed by atoms with Crippen molar-refractivity contribution in [1.29, 1.82) is 0 Å². The second kappa shape index (κ2) is 5.23. The lowest BCUT2D eigenvalue weighted by atomic mass is 9.77. The second-order valence-corrected chi connectivity index (χ2v) is 7.62. The molecule has 1 N–H and O–H groups in total. The third-order valence-corrected chi connectivity index (χ3v) is 4.94. The predicted molar refractivity (Wildman–Crippen MR) is 86.7 cm³/mol. The zero-order valence-electron chi connectivity index (χ0n) is 12.6. The summed E-state index contributed by atoms with van der Waals surface area (Å²) in [6.45, 7) is 6.82. The number of anilines is 1. The quantitative estimate of drug-likeness (QED) is 0.833. The molecule has 0 radical (unpaired) electrons. The summed E-state index contributed by atoms with van der Waals surface area (Å²) in [6.07, 6.45) is 6.72. The first kappa shape index (κ1) is 14.2. The van der Waals surface area contributed by atoms with E-state index in [0.29, 0.717) is 5.54 Å². The molecule has 20 heavy (non-hydrogen) atoms. The highest BCUT2D eigenvalue weighted by molar-refractivity contribution is 6.30. The van der Waals surface area contributed by atoms with Gasteiger partial charge in [0.15, 0.2) is 0 Å². The van der Waals surface area contributed by atoms with E-state index in [0.717, 1.165) is 18.1 Å². The Morgan fingerprint density at radius 2 is 1.65 bits per heavy atom. The van der Waals surface area contributed by atoms with Gasteiger partial charge < -0.3 is 10.2 Å². The fourth-order valence-corrected chi connectivity index (χ4v) is 4.17. The molecular weight excluding hydrogens is 268 g/mol. The van der Waals surface area contributed by atoms with Crippen LogP contribution in [-0.2, 0) is 0 Å². The summed E-state index contributed by atoms with van der Waals surface area (Å²) in [7, 11) is 0. The Hall–Kier alpha value is -0.730. The zero-order valence-corrected chi connectivity index (χ0v) is 13.3. The Morgan fingerprint density at radius 3 is 2.30 bits per heavy atom. The smallest absolute Gasteiger partial charge is 0.0407 e. The molecule has 0 atom stereocenters. The van der Waals surface area contributed by atoms with E-state index in [1.54, 1.807) is 0 Å². The van der Waals surface area contributed by atoms with Crippen LogP contribution < -0.4 is 10.2 Å². The monoisotopic (exact) mass is 292 g/mol. The highest BCUT2D eigenvalue weighted by atomic mass is 35.5. The number of rotatable bonds is 1. The van der Waals surface area contributed by atoms with Gasteiger partial charge in [-0.2, -0.15) is 0 Å². The summed E-state index contributed by atoms with van der Waals surface area (Å²) in [4.78, 5) is 2.54. The van der Waals surface area contributed by atoms with Gasteiger partial charge in [-0.25, -0.2) is 0 Å². The van der Waals surface area contributed by atoms with Gasteiger partial charge in [-0.3, -0.25) is 0 Å². The molecule has 1 spiro atoms. The van der Waals surface area contributed by atoms with E-state index in [9.17, 15) is 0 Å². The van der Waals surface area contributed by atoms with Crippen LogP contribution in [0.4, 0.5) is 5.69 Å². The molecule has 1 aromatic rings. The highest BCUT2D eigenvalue weighted by Gasteiger charge is 2.43. The first-order valence-corrected chi connectivity index (χ1v) is 8.16. The fraction of sp³-hybridized carbons (Fsp3) is 0.647. The molecule has 1 aliphatic carbocycles. The minimum atomic E-state index is 0.162. The molecule has 2 fully saturated rings. The summed E-state index contributed by atoms with van der Waals surface area (Å²) in [5, 5.41) is 4.77. The van der Waals surface area contributed by atoms with Crippen LogP contribution >= 0.6 is 11.6 Å². The molecule has 1 saturated heterocycles. The summed E-state index contributed by atoms with van der Waals surface area (Å²) in [6, 6.07) is 8.31. The number of nitrogens with zero attached hydrogens (tertiary/aromatic N) is 1. The van der Waals surface area contributed by atoms with E-state index in [1.807, 2.05) is 12.1 Å². The maximum absolute atomic E-state index is 6.02. The third kappa shape index (κ3) is 2.96. The zero-order chi connectivity index (χ0) is 14.2. The number of hydrogen-bond acceptors (Lipinski definition) is 2. The molecule has 1 aromatic carbocycles. The Labute approximate surface area is 127 Å². The molecule has 1 heterocycles. The van der Waals surface area contributed by atoms with E-state index in [2.05, 4.69) is 36.2 Å². The van der Waals surface area contributed by atoms with Crippen molar-refractivity contribution >= 4 is 17.3 Å². The van der Waals surface area contributed by atoms with Crippen LogP contribution in [0.5, 0.6) is 0 Å². The fourth-order valence-electron chi connectivity index (χ4n) is 4.04. The minimum Gasteiger partial charge on any atom is -0.368 e. The van der Waals surface area contributed by atoms with Gasteiger partial charge in [0.1, 0.15) is 0 Å². The van der Waals surface area contributed by atoms with Gasteiger partial charge >= 0.3 is 0 Å². The third-order valence-electron chi connectivity index (χ3n) is 4.69. The summed E-state index contributed by atoms with van der Waals surface area (Å²) in [5.41, 5.74) is 1.77. The topological polar surface area (TPSA) is 15.3 Å². The molecule has 0 bridgehead atoms. The molecule has 3 rings (SSSR count). The van der Waals surface area contributed by atoms with E-state index >= 15 is 0 Å². The summed E-state index contributed by atoms with van der Waals surface area (Å²) < 4.78 is 0. The number of hydrogen-bond donors (Lipinski definition) is 1. The molecule has 0 aromatic heterocycles. The number of piperazine rings is 1. The van der Waals surface area contributed by atoms with Gasteiger partial charge in [-0.1, -0.05) is 30.9 Å². The number of benzene rings is 1. The lowest BCUT2D eigenvalue weighted by molar-refractivity contribution is 0.146. The van der Waals surface area contributed by atoms with Crippen LogP contribution in [0.1, 0.15) is 46.0 Å². The number of nitrogens with one attached hydrogen (secondary N) is 1. The molecule has 1 aliphatic heterocycles. The molecule has 2 aliphatic rings. The normalized spacial score (nSPS) is 24.9. The summed E-state index contributed by atoms with van der Waals surface area (Å²) >= 11 is 6.02. The average molecular weight is 293 g/mol. The SMILES string of the molecule is CC1(C)CN(c2ccc(Cl)cc2)CC2(CCCCC2)N1. The minimum absolute atomic E-state index is 0.162. The molecular formula is C17H25ClN2. The predicted octanol–water partition coefficient (Wildman–Crippen LogP) is 4.23. The van der Waals surface area contributed by atoms with Crippen LogP contribution in [0.3, 0.4) is 0 Å². The highest BCUT2D eigenvalue weighted by Crippen LogP contribution is 2.36. The lowest BCUT2D eigenvalue weighted by Gasteiger charge is -2.53. The van der Waals surface area contributed by atoms with E-state index in [4.69, 9.17) is 11.6 Å². The molecule has 3 heteroatoms. The summed E-state index contributed by atoms with van der Waals surface area (Å²) in [5.74, 6) is 0. The first-order valence-electron chi connectivity index (χ1n) is 7.78. The standard InChI is InChI=1S/C17H25ClN2/c1-16(2)12-20(15-8-6-14(18)7-9-15)13-17(19-16)10-4-3-5-11-17/h6-9,19H,3-5,10-13H2,1-2H3. The van der Waals surface area contributed by atoms with Crippen LogP contribution in [0.25, 0.3) is 0 Å². The van der Waals surface area contributed by atoms with Crippen molar-refractivity contribution < 1.29 is 0 Å². The van der Waals surface area contributed by atoms with Crippen molar-refractivity contribution in [3.63, 3.8) is 0 Å². The Balaban J connectivity index is 1.85. The molecule has 0 amide bonds. The van der Waals surface area contributed by atoms with Gasteiger partial charge in [0.05, 0.1) is 0 Å². The Morgan fingerprint density at radius 1 is 1.00 bits per heavy atom. The van der Waals surface area contributed by atoms with Crippen molar-refractivity contribution in [2.75, 3.05) is 18.0 Å². The first-order chi connectivity index (χ1) is 9.48. The maximum atomic E-state index is 6.02. The average Bonchev–Trinajstić information content (AvgIpc) is 2.38. The van der Waals surface area contributed by atoms with Crippen molar-refractivity contribution in [2.45, 2.75) is 57.0 Å². The van der Waals surface area contributed by atoms with Crippen LogP contribution in [0.2, 0.25) is 5.02 Å². The van der Waals surface area contributed by atoms with Gasteiger partial charge in [0.2, 0.25) is 0 Å². The second-order valence-electron chi connectivity index (χ2n) is 7.18. The van der Waals surface area contributed by atoms with Crippen molar-refractivity contribution in [1.82, 2.24) is 5.32 Å².